The van der Waals surface area contributed by atoms with Crippen LogP contribution in [0.1, 0.15) is 30.0 Å². The molecule has 1 atom stereocenters. The molecule has 0 aromatic heterocycles. The zero-order chi connectivity index (χ0) is 24.7. The van der Waals surface area contributed by atoms with Gasteiger partial charge in [0.25, 0.3) is 0 Å². The first kappa shape index (κ1) is 25.9. The third-order valence-electron chi connectivity index (χ3n) is 5.49. The topological polar surface area (TPSA) is 66.5 Å². The van der Waals surface area contributed by atoms with Gasteiger partial charge >= 0.3 is 0 Å². The van der Waals surface area contributed by atoms with Crippen LogP contribution in [-0.4, -0.2) is 31.2 Å². The van der Waals surface area contributed by atoms with Crippen LogP contribution in [0, 0.1) is 12.7 Å². The Morgan fingerprint density at radius 3 is 2.35 bits per heavy atom. The maximum atomic E-state index is 14.5. The Labute approximate surface area is 205 Å². The summed E-state index contributed by atoms with van der Waals surface area (Å²) in [6.07, 6.45) is 1.47. The number of aryl methyl sites for hydroxylation is 2. The van der Waals surface area contributed by atoms with Crippen molar-refractivity contribution >= 4 is 27.5 Å². The summed E-state index contributed by atoms with van der Waals surface area (Å²) in [6.45, 7) is 2.88. The smallest absolute Gasteiger partial charge is 0.243 e. The minimum atomic E-state index is -4.09. The lowest BCUT2D eigenvalue weighted by atomic mass is 10.1. The molecule has 0 aliphatic rings. The molecule has 0 aliphatic heterocycles. The van der Waals surface area contributed by atoms with E-state index in [0.29, 0.717) is 6.42 Å². The lowest BCUT2D eigenvalue weighted by Crippen LogP contribution is -2.43. The maximum absolute atomic E-state index is 14.5. The molecule has 180 valence electrons. The van der Waals surface area contributed by atoms with Gasteiger partial charge < -0.3 is 5.32 Å². The number of carbonyl (C=O) groups is 1. The van der Waals surface area contributed by atoms with Gasteiger partial charge in [0.1, 0.15) is 5.82 Å². The van der Waals surface area contributed by atoms with Gasteiger partial charge in [-0.25, -0.2) is 12.8 Å². The predicted octanol–water partition coefficient (Wildman–Crippen LogP) is 5.12. The number of carbonyl (C=O) groups excluding carboxylic acids is 1. The van der Waals surface area contributed by atoms with Crippen LogP contribution in [0.4, 0.5) is 4.39 Å². The Bertz CT molecular complexity index is 1200. The normalized spacial score (nSPS) is 12.5. The van der Waals surface area contributed by atoms with E-state index in [2.05, 4.69) is 5.32 Å². The van der Waals surface area contributed by atoms with E-state index >= 15 is 0 Å². The van der Waals surface area contributed by atoms with Gasteiger partial charge in [0.05, 0.1) is 11.4 Å². The first-order chi connectivity index (χ1) is 16.2. The lowest BCUT2D eigenvalue weighted by molar-refractivity contribution is -0.122. The number of hydrogen-bond donors (Lipinski definition) is 1. The third-order valence-corrected chi connectivity index (χ3v) is 7.65. The van der Waals surface area contributed by atoms with Gasteiger partial charge in [0.2, 0.25) is 15.9 Å². The van der Waals surface area contributed by atoms with Crippen LogP contribution in [0.3, 0.4) is 0 Å². The number of rotatable bonds is 10. The van der Waals surface area contributed by atoms with Crippen LogP contribution in [0.25, 0.3) is 0 Å². The maximum Gasteiger partial charge on any atom is 0.243 e. The van der Waals surface area contributed by atoms with Crippen molar-refractivity contribution in [2.24, 2.45) is 0 Å². The van der Waals surface area contributed by atoms with E-state index in [0.717, 1.165) is 21.9 Å². The summed E-state index contributed by atoms with van der Waals surface area (Å²) in [7, 11) is -4.09. The minimum absolute atomic E-state index is 0.0183. The number of nitrogens with zero attached hydrogens (tertiary/aromatic N) is 1. The van der Waals surface area contributed by atoms with Crippen molar-refractivity contribution in [1.29, 1.82) is 0 Å². The highest BCUT2D eigenvalue weighted by Crippen LogP contribution is 2.25. The molecule has 1 N–H and O–H groups in total. The Morgan fingerprint density at radius 1 is 1.03 bits per heavy atom. The highest BCUT2D eigenvalue weighted by atomic mass is 35.5. The zero-order valence-electron chi connectivity index (χ0n) is 19.2. The van der Waals surface area contributed by atoms with Crippen molar-refractivity contribution in [3.8, 4) is 0 Å². The largest absolute Gasteiger partial charge is 0.352 e. The van der Waals surface area contributed by atoms with E-state index in [4.69, 9.17) is 11.6 Å². The molecule has 34 heavy (non-hydrogen) atoms. The Kier molecular flexibility index (Phi) is 8.83. The van der Waals surface area contributed by atoms with Crippen LogP contribution in [0.5, 0.6) is 0 Å². The van der Waals surface area contributed by atoms with E-state index in [-0.39, 0.29) is 28.1 Å². The molecular formula is C26H28ClFN2O3S. The van der Waals surface area contributed by atoms with E-state index in [1.54, 1.807) is 12.1 Å². The highest BCUT2D eigenvalue weighted by Gasteiger charge is 2.29. The van der Waals surface area contributed by atoms with Crippen molar-refractivity contribution in [3.63, 3.8) is 0 Å². The average Bonchev–Trinajstić information content (AvgIpc) is 2.80. The molecule has 5 nitrogen and oxygen atoms in total. The monoisotopic (exact) mass is 502 g/mol. The number of amides is 1. The van der Waals surface area contributed by atoms with E-state index in [1.165, 1.54) is 30.3 Å². The van der Waals surface area contributed by atoms with Gasteiger partial charge in [-0.3, -0.25) is 4.79 Å². The summed E-state index contributed by atoms with van der Waals surface area (Å²) in [5.41, 5.74) is 2.07. The van der Waals surface area contributed by atoms with Crippen molar-refractivity contribution in [2.45, 2.75) is 44.2 Å². The second-order valence-electron chi connectivity index (χ2n) is 8.28. The van der Waals surface area contributed by atoms with E-state index in [9.17, 15) is 17.6 Å². The standard InChI is InChI=1S/C26H28ClFN2O3S/c1-19-11-15-22(16-12-19)34(32,33)30(17-23-24(27)9-6-10-25(23)28)18-26(31)29-20(2)13-14-21-7-4-3-5-8-21/h3-12,15-16,20H,13-14,17-18H2,1-2H3,(H,29,31)/t20-/m0/s1. The SMILES string of the molecule is Cc1ccc(S(=O)(=O)N(CC(=O)N[C@@H](C)CCc2ccccc2)Cc2c(F)cccc2Cl)cc1. The lowest BCUT2D eigenvalue weighted by Gasteiger charge is -2.24. The van der Waals surface area contributed by atoms with E-state index in [1.807, 2.05) is 44.2 Å². The van der Waals surface area contributed by atoms with Gasteiger partial charge in [-0.15, -0.1) is 0 Å². The molecule has 8 heteroatoms. The number of sulfonamides is 1. The number of hydrogen-bond acceptors (Lipinski definition) is 3. The molecule has 0 saturated carbocycles. The summed E-state index contributed by atoms with van der Waals surface area (Å²) < 4.78 is 42.2. The van der Waals surface area contributed by atoms with Crippen molar-refractivity contribution in [2.75, 3.05) is 6.54 Å². The molecule has 3 rings (SSSR count). The molecule has 0 heterocycles. The molecule has 0 fully saturated rings. The second kappa shape index (κ2) is 11.6. The van der Waals surface area contributed by atoms with Crippen LogP contribution in [0.2, 0.25) is 5.02 Å². The van der Waals surface area contributed by atoms with Crippen molar-refractivity contribution < 1.29 is 17.6 Å². The Hall–Kier alpha value is -2.74. The van der Waals surface area contributed by atoms with Crippen LogP contribution in [-0.2, 0) is 27.8 Å². The van der Waals surface area contributed by atoms with Crippen molar-refractivity contribution in [3.05, 3.63) is 100 Å². The molecule has 3 aromatic carbocycles. The number of halogens is 2. The fourth-order valence-electron chi connectivity index (χ4n) is 3.53. The molecule has 0 unspecified atom stereocenters. The van der Waals surface area contributed by atoms with Crippen LogP contribution < -0.4 is 5.32 Å². The van der Waals surface area contributed by atoms with Gasteiger partial charge in [-0.05, 0) is 56.5 Å². The number of benzene rings is 3. The average molecular weight is 503 g/mol. The van der Waals surface area contributed by atoms with Gasteiger partial charge in [-0.1, -0.05) is 65.7 Å². The van der Waals surface area contributed by atoms with Gasteiger partial charge in [0, 0.05) is 23.2 Å². The molecular weight excluding hydrogens is 475 g/mol. The van der Waals surface area contributed by atoms with Crippen molar-refractivity contribution in [1.82, 2.24) is 9.62 Å². The highest BCUT2D eigenvalue weighted by molar-refractivity contribution is 7.89. The molecule has 0 radical (unpaired) electrons. The predicted molar refractivity (Wildman–Crippen MR) is 133 cm³/mol. The first-order valence-corrected chi connectivity index (χ1v) is 12.8. The molecule has 0 spiro atoms. The first-order valence-electron chi connectivity index (χ1n) is 11.0. The van der Waals surface area contributed by atoms with Gasteiger partial charge in [0.15, 0.2) is 0 Å². The quantitative estimate of drug-likeness (QED) is 0.418. The number of nitrogens with one attached hydrogen (secondary N) is 1. The zero-order valence-corrected chi connectivity index (χ0v) is 20.7. The summed E-state index contributed by atoms with van der Waals surface area (Å²) in [5, 5.41) is 2.95. The summed E-state index contributed by atoms with van der Waals surface area (Å²) in [6, 6.07) is 20.2. The van der Waals surface area contributed by atoms with E-state index < -0.39 is 28.3 Å². The minimum Gasteiger partial charge on any atom is -0.352 e. The molecule has 1 amide bonds. The molecule has 0 aliphatic carbocycles. The second-order valence-corrected chi connectivity index (χ2v) is 10.6. The Balaban J connectivity index is 1.77. The fourth-order valence-corrected chi connectivity index (χ4v) is 5.11. The summed E-state index contributed by atoms with van der Waals surface area (Å²) in [4.78, 5) is 12.8. The molecule has 3 aromatic rings. The molecule has 0 bridgehead atoms. The van der Waals surface area contributed by atoms with Crippen LogP contribution >= 0.6 is 11.6 Å². The van der Waals surface area contributed by atoms with Crippen LogP contribution in [0.15, 0.2) is 77.7 Å². The third kappa shape index (κ3) is 6.88. The fraction of sp³-hybridized carbons (Fsp3) is 0.269. The van der Waals surface area contributed by atoms with Gasteiger partial charge in [-0.2, -0.15) is 4.31 Å². The Morgan fingerprint density at radius 2 is 1.71 bits per heavy atom. The molecule has 0 saturated heterocycles. The summed E-state index contributed by atoms with van der Waals surface area (Å²) in [5.74, 6) is -1.10. The summed E-state index contributed by atoms with van der Waals surface area (Å²) >= 11 is 6.15.